The van der Waals surface area contributed by atoms with Gasteiger partial charge in [-0.1, -0.05) is 152 Å². The van der Waals surface area contributed by atoms with E-state index >= 15 is 0 Å². The van der Waals surface area contributed by atoms with Crippen molar-refractivity contribution in [1.82, 2.24) is 0 Å². The van der Waals surface area contributed by atoms with E-state index in [9.17, 15) is 0 Å². The zero-order valence-corrected chi connectivity index (χ0v) is 31.4. The van der Waals surface area contributed by atoms with E-state index in [0.717, 1.165) is 17.1 Å². The Morgan fingerprint density at radius 3 is 1.62 bits per heavy atom. The molecule has 0 N–H and O–H groups in total. The Morgan fingerprint density at radius 1 is 0.268 bits per heavy atom. The standard InChI is InChI=1S/C54H35NS/c1-3-11-37(12-4-1)48-29-26-45(34-50(48)38-13-5-2-6-14-38)55(46-27-30-53-52(35-46)51-32-40-16-7-8-17-41(40)33-54(51)56-53)44-24-21-36(22-25-44)42-23-28-49-43(31-42)20-19-39-15-9-10-18-47(39)49/h1-35H. The number of rotatable bonds is 6. The molecule has 0 saturated heterocycles. The van der Waals surface area contributed by atoms with E-state index < -0.39 is 0 Å². The molecule has 2 heteroatoms. The molecule has 0 bridgehead atoms. The summed E-state index contributed by atoms with van der Waals surface area (Å²) in [4.78, 5) is 2.42. The highest BCUT2D eigenvalue weighted by Gasteiger charge is 2.18. The van der Waals surface area contributed by atoms with Crippen molar-refractivity contribution in [2.45, 2.75) is 0 Å². The fourth-order valence-corrected chi connectivity index (χ4v) is 9.55. The molecule has 11 rings (SSSR count). The van der Waals surface area contributed by atoms with Gasteiger partial charge in [-0.2, -0.15) is 0 Å². The van der Waals surface area contributed by atoms with E-state index in [-0.39, 0.29) is 0 Å². The highest BCUT2D eigenvalue weighted by Crippen LogP contribution is 2.44. The second-order valence-electron chi connectivity index (χ2n) is 14.5. The molecule has 0 saturated carbocycles. The molecule has 1 nitrogen and oxygen atoms in total. The largest absolute Gasteiger partial charge is 0.310 e. The lowest BCUT2D eigenvalue weighted by Gasteiger charge is -2.27. The van der Waals surface area contributed by atoms with Crippen molar-refractivity contribution in [1.29, 1.82) is 0 Å². The van der Waals surface area contributed by atoms with Crippen LogP contribution in [0.2, 0.25) is 0 Å². The third-order valence-electron chi connectivity index (χ3n) is 11.2. The van der Waals surface area contributed by atoms with Gasteiger partial charge in [0.25, 0.3) is 0 Å². The van der Waals surface area contributed by atoms with Crippen LogP contribution in [0.5, 0.6) is 0 Å². The summed E-state index contributed by atoms with van der Waals surface area (Å²) in [5.74, 6) is 0. The maximum atomic E-state index is 2.42. The Bertz CT molecular complexity index is 3230. The van der Waals surface area contributed by atoms with Crippen LogP contribution in [0, 0.1) is 0 Å². The first-order valence-corrected chi connectivity index (χ1v) is 20.0. The second-order valence-corrected chi connectivity index (χ2v) is 15.6. The fourth-order valence-electron chi connectivity index (χ4n) is 8.43. The molecule has 10 aromatic carbocycles. The minimum absolute atomic E-state index is 1.11. The van der Waals surface area contributed by atoms with Gasteiger partial charge in [0, 0.05) is 37.2 Å². The molecule has 0 aliphatic heterocycles. The third kappa shape index (κ3) is 5.62. The topological polar surface area (TPSA) is 3.24 Å². The lowest BCUT2D eigenvalue weighted by atomic mass is 9.93. The van der Waals surface area contributed by atoms with Crippen molar-refractivity contribution in [3.05, 3.63) is 212 Å². The van der Waals surface area contributed by atoms with Crippen LogP contribution < -0.4 is 4.90 Å². The van der Waals surface area contributed by atoms with Crippen LogP contribution >= 0.6 is 11.3 Å². The minimum atomic E-state index is 1.11. The van der Waals surface area contributed by atoms with Crippen molar-refractivity contribution in [2.24, 2.45) is 0 Å². The first kappa shape index (κ1) is 32.4. The molecule has 1 aromatic heterocycles. The number of benzene rings is 10. The monoisotopic (exact) mass is 729 g/mol. The fraction of sp³-hybridized carbons (Fsp3) is 0. The summed E-state index contributed by atoms with van der Waals surface area (Å²) in [5, 5.41) is 10.2. The Labute approximate surface area is 330 Å². The SMILES string of the molecule is c1ccc(-c2ccc(N(c3ccc(-c4ccc5c(ccc6ccccc65)c4)cc3)c3ccc4sc5cc6ccccc6cc5c4c3)cc2-c2ccccc2)cc1. The highest BCUT2D eigenvalue weighted by atomic mass is 32.1. The second kappa shape index (κ2) is 13.4. The van der Waals surface area contributed by atoms with Gasteiger partial charge in [-0.3, -0.25) is 0 Å². The molecular weight excluding hydrogens is 695 g/mol. The minimum Gasteiger partial charge on any atom is -0.310 e. The molecule has 11 aromatic rings. The maximum absolute atomic E-state index is 2.42. The van der Waals surface area contributed by atoms with Crippen LogP contribution in [0.25, 0.3) is 85.9 Å². The zero-order valence-electron chi connectivity index (χ0n) is 30.6. The molecule has 262 valence electrons. The van der Waals surface area contributed by atoms with E-state index in [0.29, 0.717) is 0 Å². The number of hydrogen-bond acceptors (Lipinski definition) is 2. The van der Waals surface area contributed by atoms with E-state index in [4.69, 9.17) is 0 Å². The van der Waals surface area contributed by atoms with Crippen molar-refractivity contribution >= 4 is 80.9 Å². The van der Waals surface area contributed by atoms with Gasteiger partial charge >= 0.3 is 0 Å². The first-order chi connectivity index (χ1) is 27.7. The van der Waals surface area contributed by atoms with Crippen molar-refractivity contribution in [2.75, 3.05) is 4.90 Å². The Balaban J connectivity index is 1.08. The van der Waals surface area contributed by atoms with Crippen LogP contribution in [0.4, 0.5) is 17.1 Å². The average Bonchev–Trinajstić information content (AvgIpc) is 3.63. The predicted molar refractivity (Wildman–Crippen MR) is 243 cm³/mol. The lowest BCUT2D eigenvalue weighted by Crippen LogP contribution is -2.10. The predicted octanol–water partition coefficient (Wildman–Crippen LogP) is 16.0. The number of nitrogens with zero attached hydrogens (tertiary/aromatic N) is 1. The molecule has 0 aliphatic carbocycles. The molecule has 0 radical (unpaired) electrons. The van der Waals surface area contributed by atoms with Gasteiger partial charge < -0.3 is 4.90 Å². The van der Waals surface area contributed by atoms with Gasteiger partial charge in [0.1, 0.15) is 0 Å². The van der Waals surface area contributed by atoms with Crippen LogP contribution in [0.1, 0.15) is 0 Å². The van der Waals surface area contributed by atoms with Crippen molar-refractivity contribution in [3.8, 4) is 33.4 Å². The van der Waals surface area contributed by atoms with Crippen LogP contribution in [-0.4, -0.2) is 0 Å². The summed E-state index contributed by atoms with van der Waals surface area (Å²) in [6.45, 7) is 0. The summed E-state index contributed by atoms with van der Waals surface area (Å²) in [6.07, 6.45) is 0. The maximum Gasteiger partial charge on any atom is 0.0468 e. The molecule has 0 amide bonds. The van der Waals surface area contributed by atoms with Gasteiger partial charge in [-0.05, 0) is 126 Å². The van der Waals surface area contributed by atoms with E-state index in [2.05, 4.69) is 217 Å². The molecule has 0 atom stereocenters. The van der Waals surface area contributed by atoms with E-state index in [1.807, 2.05) is 11.3 Å². The summed E-state index contributed by atoms with van der Waals surface area (Å²) in [7, 11) is 0. The molecule has 0 unspecified atom stereocenters. The Morgan fingerprint density at radius 2 is 0.839 bits per heavy atom. The average molecular weight is 730 g/mol. The van der Waals surface area contributed by atoms with Crippen LogP contribution in [-0.2, 0) is 0 Å². The molecule has 1 heterocycles. The number of thiophene rings is 1. The van der Waals surface area contributed by atoms with Crippen LogP contribution in [0.3, 0.4) is 0 Å². The zero-order chi connectivity index (χ0) is 37.0. The highest BCUT2D eigenvalue weighted by molar-refractivity contribution is 7.25. The quantitative estimate of drug-likeness (QED) is 0.154. The number of hydrogen-bond donors (Lipinski definition) is 0. The summed E-state index contributed by atoms with van der Waals surface area (Å²) in [6, 6.07) is 77.8. The number of fused-ring (bicyclic) bond motifs is 7. The van der Waals surface area contributed by atoms with Crippen LogP contribution in [0.15, 0.2) is 212 Å². The van der Waals surface area contributed by atoms with Crippen molar-refractivity contribution < 1.29 is 0 Å². The Hall–Kier alpha value is -7.00. The molecular formula is C54H35NS. The van der Waals surface area contributed by atoms with Crippen molar-refractivity contribution in [3.63, 3.8) is 0 Å². The smallest absolute Gasteiger partial charge is 0.0468 e. The summed E-state index contributed by atoms with van der Waals surface area (Å²) >= 11 is 1.87. The molecule has 0 fully saturated rings. The number of anilines is 3. The third-order valence-corrected chi connectivity index (χ3v) is 12.3. The van der Waals surface area contributed by atoms with E-state index in [1.165, 1.54) is 85.9 Å². The first-order valence-electron chi connectivity index (χ1n) is 19.2. The molecule has 0 spiro atoms. The van der Waals surface area contributed by atoms with Gasteiger partial charge in [0.05, 0.1) is 0 Å². The summed E-state index contributed by atoms with van der Waals surface area (Å²) in [5.41, 5.74) is 10.6. The Kier molecular flexibility index (Phi) is 7.75. The summed E-state index contributed by atoms with van der Waals surface area (Å²) < 4.78 is 2.61. The normalized spacial score (nSPS) is 11.6. The van der Waals surface area contributed by atoms with Gasteiger partial charge in [0.2, 0.25) is 0 Å². The lowest BCUT2D eigenvalue weighted by molar-refractivity contribution is 1.29. The van der Waals surface area contributed by atoms with Gasteiger partial charge in [0.15, 0.2) is 0 Å². The van der Waals surface area contributed by atoms with E-state index in [1.54, 1.807) is 0 Å². The van der Waals surface area contributed by atoms with Gasteiger partial charge in [-0.25, -0.2) is 0 Å². The molecule has 56 heavy (non-hydrogen) atoms. The van der Waals surface area contributed by atoms with Gasteiger partial charge in [-0.15, -0.1) is 11.3 Å². The molecule has 0 aliphatic rings.